The fourth-order valence-electron chi connectivity index (χ4n) is 2.08. The minimum absolute atomic E-state index is 0.0549. The van der Waals surface area contributed by atoms with Crippen molar-refractivity contribution in [1.29, 1.82) is 0 Å². The van der Waals surface area contributed by atoms with Crippen LogP contribution in [0, 0.1) is 11.8 Å². The van der Waals surface area contributed by atoms with E-state index >= 15 is 0 Å². The van der Waals surface area contributed by atoms with Crippen molar-refractivity contribution in [3.63, 3.8) is 0 Å². The first-order valence-corrected chi connectivity index (χ1v) is 9.50. The van der Waals surface area contributed by atoms with Gasteiger partial charge < -0.3 is 19.3 Å². The summed E-state index contributed by atoms with van der Waals surface area (Å²) in [4.78, 5) is 36.5. The Morgan fingerprint density at radius 3 is 1.92 bits per heavy atom. The molecule has 0 aliphatic rings. The molecule has 3 unspecified atom stereocenters. The summed E-state index contributed by atoms with van der Waals surface area (Å²) in [6, 6.07) is 0. The van der Waals surface area contributed by atoms with E-state index < -0.39 is 35.8 Å². The maximum Gasteiger partial charge on any atom is 0.310 e. The Morgan fingerprint density at radius 2 is 1.38 bits per heavy atom. The molecule has 0 amide bonds. The van der Waals surface area contributed by atoms with Gasteiger partial charge in [-0.05, 0) is 19.8 Å². The third kappa shape index (κ3) is 11.1. The number of carbonyl (C=O) groups is 3. The number of ether oxygens (including phenoxy) is 3. The van der Waals surface area contributed by atoms with Gasteiger partial charge in [0.25, 0.3) is 0 Å². The zero-order valence-corrected chi connectivity index (χ0v) is 16.5. The first-order valence-electron chi connectivity index (χ1n) is 9.50. The fraction of sp³-hybridized carbons (Fsp3) is 0.842. The molecule has 3 atom stereocenters. The summed E-state index contributed by atoms with van der Waals surface area (Å²) in [5, 5.41) is 9.22. The third-order valence-electron chi connectivity index (χ3n) is 3.95. The fourth-order valence-corrected chi connectivity index (χ4v) is 2.08. The summed E-state index contributed by atoms with van der Waals surface area (Å²) in [7, 11) is 0. The van der Waals surface area contributed by atoms with Crippen LogP contribution in [0.5, 0.6) is 0 Å². The predicted octanol–water partition coefficient (Wildman–Crippen LogP) is 2.63. The quantitative estimate of drug-likeness (QED) is 0.283. The molecular weight excluding hydrogens is 340 g/mol. The van der Waals surface area contributed by atoms with Crippen molar-refractivity contribution in [2.45, 2.75) is 72.3 Å². The maximum atomic E-state index is 12.3. The molecular formula is C19H34O7. The Labute approximate surface area is 156 Å². The van der Waals surface area contributed by atoms with Gasteiger partial charge >= 0.3 is 17.9 Å². The minimum atomic E-state index is -0.944. The van der Waals surface area contributed by atoms with E-state index in [1.165, 1.54) is 6.92 Å². The molecule has 26 heavy (non-hydrogen) atoms. The van der Waals surface area contributed by atoms with E-state index in [2.05, 4.69) is 0 Å². The molecule has 0 spiro atoms. The van der Waals surface area contributed by atoms with Crippen LogP contribution < -0.4 is 0 Å². The minimum Gasteiger partial charge on any atom is -0.466 e. The van der Waals surface area contributed by atoms with Crippen molar-refractivity contribution in [1.82, 2.24) is 0 Å². The molecule has 7 nitrogen and oxygen atoms in total. The highest BCUT2D eigenvalue weighted by Gasteiger charge is 2.35. The van der Waals surface area contributed by atoms with Crippen molar-refractivity contribution in [3.8, 4) is 0 Å². The summed E-state index contributed by atoms with van der Waals surface area (Å²) >= 11 is 0. The second-order valence-corrected chi connectivity index (χ2v) is 6.50. The standard InChI is InChI=1S/C19H34O7/c1-5-7-10-24-17(21)13-16(19(23)25-11-8-6-2)15(4)18(22)26-12-9-14(3)20/h14-16,20H,5-13H2,1-4H3. The Kier molecular flexibility index (Phi) is 13.6. The molecule has 0 aliphatic carbocycles. The Balaban J connectivity index is 4.79. The molecule has 0 fully saturated rings. The normalized spacial score (nSPS) is 14.2. The zero-order chi connectivity index (χ0) is 19.9. The van der Waals surface area contributed by atoms with Crippen molar-refractivity contribution in [2.75, 3.05) is 19.8 Å². The Morgan fingerprint density at radius 1 is 0.846 bits per heavy atom. The van der Waals surface area contributed by atoms with Gasteiger partial charge in [-0.25, -0.2) is 0 Å². The number of esters is 3. The molecule has 0 aromatic carbocycles. The van der Waals surface area contributed by atoms with Gasteiger partial charge in [0.15, 0.2) is 0 Å². The lowest BCUT2D eigenvalue weighted by Crippen LogP contribution is -2.33. The first kappa shape index (κ1) is 24.4. The maximum absolute atomic E-state index is 12.3. The number of aliphatic hydroxyl groups excluding tert-OH is 1. The molecule has 0 aliphatic heterocycles. The molecule has 0 aromatic heterocycles. The van der Waals surface area contributed by atoms with Crippen LogP contribution in [0.4, 0.5) is 0 Å². The van der Waals surface area contributed by atoms with Gasteiger partial charge in [0.1, 0.15) is 0 Å². The summed E-state index contributed by atoms with van der Waals surface area (Å²) < 4.78 is 15.4. The van der Waals surface area contributed by atoms with Crippen molar-refractivity contribution in [2.24, 2.45) is 11.8 Å². The topological polar surface area (TPSA) is 99.1 Å². The smallest absolute Gasteiger partial charge is 0.310 e. The van der Waals surface area contributed by atoms with Gasteiger partial charge in [0.05, 0.1) is 44.2 Å². The van der Waals surface area contributed by atoms with E-state index in [1.54, 1.807) is 6.92 Å². The van der Waals surface area contributed by atoms with Gasteiger partial charge in [-0.1, -0.05) is 33.6 Å². The molecule has 0 rings (SSSR count). The molecule has 0 saturated carbocycles. The summed E-state index contributed by atoms with van der Waals surface area (Å²) in [6.07, 6.45) is 2.72. The van der Waals surface area contributed by atoms with E-state index in [-0.39, 0.29) is 19.6 Å². The second-order valence-electron chi connectivity index (χ2n) is 6.50. The van der Waals surface area contributed by atoms with Crippen molar-refractivity contribution >= 4 is 17.9 Å². The summed E-state index contributed by atoms with van der Waals surface area (Å²) in [5.41, 5.74) is 0. The first-order chi connectivity index (χ1) is 12.3. The predicted molar refractivity (Wildman–Crippen MR) is 96.3 cm³/mol. The average Bonchev–Trinajstić information content (AvgIpc) is 2.59. The van der Waals surface area contributed by atoms with Crippen LogP contribution in [0.2, 0.25) is 0 Å². The van der Waals surface area contributed by atoms with Gasteiger partial charge in [-0.15, -0.1) is 0 Å². The third-order valence-corrected chi connectivity index (χ3v) is 3.95. The highest BCUT2D eigenvalue weighted by atomic mass is 16.5. The molecule has 0 saturated heterocycles. The summed E-state index contributed by atoms with van der Waals surface area (Å²) in [5.74, 6) is -3.49. The second kappa shape index (κ2) is 14.5. The van der Waals surface area contributed by atoms with Crippen LogP contribution in [0.1, 0.15) is 66.2 Å². The van der Waals surface area contributed by atoms with Crippen LogP contribution in [0.3, 0.4) is 0 Å². The lowest BCUT2D eigenvalue weighted by Gasteiger charge is -2.21. The SMILES string of the molecule is CCCCOC(=O)CC(C(=O)OCCCC)C(C)C(=O)OCCC(C)O. The van der Waals surface area contributed by atoms with Gasteiger partial charge in [0, 0.05) is 6.42 Å². The van der Waals surface area contributed by atoms with Gasteiger partial charge in [-0.2, -0.15) is 0 Å². The molecule has 152 valence electrons. The molecule has 0 radical (unpaired) electrons. The molecule has 7 heteroatoms. The number of aliphatic hydroxyl groups is 1. The number of rotatable bonds is 14. The van der Waals surface area contributed by atoms with Crippen LogP contribution >= 0.6 is 0 Å². The Hall–Kier alpha value is -1.63. The molecule has 1 N–H and O–H groups in total. The number of hydrogen-bond donors (Lipinski definition) is 1. The van der Waals surface area contributed by atoms with E-state index in [9.17, 15) is 19.5 Å². The van der Waals surface area contributed by atoms with E-state index in [4.69, 9.17) is 14.2 Å². The van der Waals surface area contributed by atoms with E-state index in [0.29, 0.717) is 19.4 Å². The number of unbranched alkanes of at least 4 members (excludes halogenated alkanes) is 2. The van der Waals surface area contributed by atoms with Crippen LogP contribution in [0.15, 0.2) is 0 Å². The highest BCUT2D eigenvalue weighted by Crippen LogP contribution is 2.21. The van der Waals surface area contributed by atoms with E-state index in [1.807, 2.05) is 13.8 Å². The Bertz CT molecular complexity index is 420. The molecule has 0 heterocycles. The summed E-state index contributed by atoms with van der Waals surface area (Å²) in [6.45, 7) is 7.68. The van der Waals surface area contributed by atoms with E-state index in [0.717, 1.165) is 19.3 Å². The molecule has 0 bridgehead atoms. The van der Waals surface area contributed by atoms with Gasteiger partial charge in [0.2, 0.25) is 0 Å². The lowest BCUT2D eigenvalue weighted by molar-refractivity contribution is -0.164. The lowest BCUT2D eigenvalue weighted by atomic mass is 9.91. The highest BCUT2D eigenvalue weighted by molar-refractivity contribution is 5.85. The van der Waals surface area contributed by atoms with Gasteiger partial charge in [-0.3, -0.25) is 14.4 Å². The largest absolute Gasteiger partial charge is 0.466 e. The van der Waals surface area contributed by atoms with Crippen LogP contribution in [-0.4, -0.2) is 48.9 Å². The zero-order valence-electron chi connectivity index (χ0n) is 16.5. The average molecular weight is 374 g/mol. The number of hydrogen-bond acceptors (Lipinski definition) is 7. The molecule has 0 aromatic rings. The van der Waals surface area contributed by atoms with Crippen molar-refractivity contribution in [3.05, 3.63) is 0 Å². The van der Waals surface area contributed by atoms with Crippen LogP contribution in [-0.2, 0) is 28.6 Å². The van der Waals surface area contributed by atoms with Crippen LogP contribution in [0.25, 0.3) is 0 Å². The van der Waals surface area contributed by atoms with Crippen molar-refractivity contribution < 1.29 is 33.7 Å². The number of carbonyl (C=O) groups excluding carboxylic acids is 3. The monoisotopic (exact) mass is 374 g/mol.